The standard InChI is InChI=1S/C50H36/c1-8-22-37(23-9-1)36-44-48(45(38-24-10-2-11-25-38)39-26-12-3-13-27-39)50(47(42-32-18-6-19-33-42)43-34-20-7-21-35-43)49(44)46(40-28-14-4-15-29-40)41-30-16-5-17-31-41/h1-36H. The molecule has 0 heterocycles. The van der Waals surface area contributed by atoms with E-state index in [2.05, 4.69) is 218 Å². The molecule has 0 nitrogen and oxygen atoms in total. The minimum absolute atomic E-state index is 1.17. The number of rotatable bonds is 7. The van der Waals surface area contributed by atoms with Gasteiger partial charge in [0.2, 0.25) is 0 Å². The molecule has 1 fully saturated rings. The first-order valence-corrected chi connectivity index (χ1v) is 17.2. The summed E-state index contributed by atoms with van der Waals surface area (Å²) in [6.45, 7) is 0. The molecule has 0 atom stereocenters. The molecule has 50 heavy (non-hydrogen) atoms. The van der Waals surface area contributed by atoms with Crippen LogP contribution in [0, 0.1) is 0 Å². The lowest BCUT2D eigenvalue weighted by Gasteiger charge is -2.39. The van der Waals surface area contributed by atoms with E-state index in [1.165, 1.54) is 78.0 Å². The maximum atomic E-state index is 2.39. The van der Waals surface area contributed by atoms with Crippen LogP contribution in [0.2, 0.25) is 0 Å². The fourth-order valence-electron chi connectivity index (χ4n) is 7.08. The lowest BCUT2D eigenvalue weighted by molar-refractivity contribution is 1.24. The Balaban J connectivity index is 1.63. The SMILES string of the molecule is C(=C1C(=C(c2ccccc2)c2ccccc2)C(=C(c2ccccc2)c2ccccc2)C1=C(c1ccccc1)c1ccccc1)c1ccccc1. The second-order valence-corrected chi connectivity index (χ2v) is 12.4. The molecule has 0 heteroatoms. The topological polar surface area (TPSA) is 0 Å². The van der Waals surface area contributed by atoms with Gasteiger partial charge in [-0.15, -0.1) is 0 Å². The Kier molecular flexibility index (Phi) is 8.82. The van der Waals surface area contributed by atoms with Gasteiger partial charge in [0.25, 0.3) is 0 Å². The normalized spacial score (nSPS) is 12.2. The monoisotopic (exact) mass is 636 g/mol. The second-order valence-electron chi connectivity index (χ2n) is 12.4. The van der Waals surface area contributed by atoms with Crippen LogP contribution in [-0.2, 0) is 0 Å². The maximum absolute atomic E-state index is 2.39. The van der Waals surface area contributed by atoms with Crippen LogP contribution < -0.4 is 0 Å². The van der Waals surface area contributed by atoms with E-state index in [-0.39, 0.29) is 0 Å². The van der Waals surface area contributed by atoms with Gasteiger partial charge in [-0.25, -0.2) is 0 Å². The molecule has 0 unspecified atom stereocenters. The molecule has 236 valence electrons. The third kappa shape index (κ3) is 6.12. The summed E-state index contributed by atoms with van der Waals surface area (Å²) in [6.07, 6.45) is 2.39. The van der Waals surface area contributed by atoms with Gasteiger partial charge in [-0.1, -0.05) is 212 Å². The minimum Gasteiger partial charge on any atom is -0.0622 e. The highest BCUT2D eigenvalue weighted by molar-refractivity contribution is 6.10. The maximum Gasteiger partial charge on any atom is -0.000138 e. The smallest absolute Gasteiger partial charge is 0.000138 e. The van der Waals surface area contributed by atoms with Crippen molar-refractivity contribution in [2.45, 2.75) is 0 Å². The molecule has 1 aliphatic carbocycles. The first-order chi connectivity index (χ1) is 24.9. The molecule has 7 aromatic rings. The Morgan fingerprint density at radius 1 is 0.240 bits per heavy atom. The van der Waals surface area contributed by atoms with Crippen LogP contribution in [0.1, 0.15) is 38.9 Å². The van der Waals surface area contributed by atoms with Crippen LogP contribution in [0.25, 0.3) is 22.8 Å². The number of hydrogen-bond acceptors (Lipinski definition) is 0. The summed E-state index contributed by atoms with van der Waals surface area (Å²) < 4.78 is 0. The van der Waals surface area contributed by atoms with Gasteiger partial charge in [0.15, 0.2) is 0 Å². The van der Waals surface area contributed by atoms with Crippen LogP contribution in [-0.4, -0.2) is 0 Å². The van der Waals surface area contributed by atoms with Crippen molar-refractivity contribution in [3.63, 3.8) is 0 Å². The van der Waals surface area contributed by atoms with E-state index in [4.69, 9.17) is 0 Å². The molecule has 0 N–H and O–H groups in total. The quantitative estimate of drug-likeness (QED) is 0.163. The lowest BCUT2D eigenvalue weighted by atomic mass is 9.63. The minimum atomic E-state index is 1.17. The Labute approximate surface area is 295 Å². The molecular weight excluding hydrogens is 601 g/mol. The van der Waals surface area contributed by atoms with E-state index in [1.54, 1.807) is 0 Å². The Hall–Kier alpha value is -6.50. The van der Waals surface area contributed by atoms with E-state index < -0.39 is 0 Å². The van der Waals surface area contributed by atoms with Crippen LogP contribution in [0.15, 0.2) is 235 Å². The third-order valence-corrected chi connectivity index (χ3v) is 9.27. The van der Waals surface area contributed by atoms with Gasteiger partial charge in [0.1, 0.15) is 0 Å². The summed E-state index contributed by atoms with van der Waals surface area (Å²) in [5.74, 6) is 0. The predicted molar refractivity (Wildman–Crippen MR) is 211 cm³/mol. The van der Waals surface area contributed by atoms with Crippen LogP contribution in [0.4, 0.5) is 0 Å². The van der Waals surface area contributed by atoms with Crippen molar-refractivity contribution in [2.24, 2.45) is 0 Å². The molecule has 0 amide bonds. The van der Waals surface area contributed by atoms with E-state index in [9.17, 15) is 0 Å². The van der Waals surface area contributed by atoms with Gasteiger partial charge in [0, 0.05) is 0 Å². The highest BCUT2D eigenvalue weighted by Gasteiger charge is 2.39. The zero-order chi connectivity index (χ0) is 33.5. The van der Waals surface area contributed by atoms with E-state index in [1.807, 2.05) is 0 Å². The van der Waals surface area contributed by atoms with Crippen molar-refractivity contribution in [2.75, 3.05) is 0 Å². The molecule has 8 rings (SSSR count). The van der Waals surface area contributed by atoms with E-state index in [0.717, 1.165) is 0 Å². The second kappa shape index (κ2) is 14.3. The number of benzene rings is 7. The van der Waals surface area contributed by atoms with Gasteiger partial charge in [-0.05, 0) is 84.0 Å². The number of allylic oxidation sites excluding steroid dienone is 4. The van der Waals surface area contributed by atoms with Crippen LogP contribution in [0.3, 0.4) is 0 Å². The average molecular weight is 637 g/mol. The Morgan fingerprint density at radius 2 is 0.460 bits per heavy atom. The number of hydrogen-bond donors (Lipinski definition) is 0. The molecular formula is C50H36. The van der Waals surface area contributed by atoms with Crippen LogP contribution in [0.5, 0.6) is 0 Å². The van der Waals surface area contributed by atoms with Crippen molar-refractivity contribution in [3.05, 3.63) is 274 Å². The molecule has 0 saturated heterocycles. The summed E-state index contributed by atoms with van der Waals surface area (Å²) in [5, 5.41) is 0. The van der Waals surface area contributed by atoms with Crippen molar-refractivity contribution in [1.82, 2.24) is 0 Å². The molecule has 0 spiro atoms. The zero-order valence-corrected chi connectivity index (χ0v) is 27.8. The highest BCUT2D eigenvalue weighted by atomic mass is 14.4. The molecule has 1 aliphatic rings. The Morgan fingerprint density at radius 3 is 0.720 bits per heavy atom. The molecule has 0 radical (unpaired) electrons. The lowest BCUT2D eigenvalue weighted by Crippen LogP contribution is -2.21. The van der Waals surface area contributed by atoms with Gasteiger partial charge in [0.05, 0.1) is 0 Å². The third-order valence-electron chi connectivity index (χ3n) is 9.27. The molecule has 0 aliphatic heterocycles. The highest BCUT2D eigenvalue weighted by Crippen LogP contribution is 2.57. The summed E-state index contributed by atoms with van der Waals surface area (Å²) in [7, 11) is 0. The summed E-state index contributed by atoms with van der Waals surface area (Å²) in [5.41, 5.74) is 16.9. The van der Waals surface area contributed by atoms with Crippen molar-refractivity contribution < 1.29 is 0 Å². The van der Waals surface area contributed by atoms with Crippen molar-refractivity contribution >= 4 is 22.8 Å². The fourth-order valence-corrected chi connectivity index (χ4v) is 7.08. The molecule has 1 saturated carbocycles. The van der Waals surface area contributed by atoms with E-state index in [0.29, 0.717) is 0 Å². The van der Waals surface area contributed by atoms with E-state index >= 15 is 0 Å². The average Bonchev–Trinajstić information content (AvgIpc) is 3.20. The van der Waals surface area contributed by atoms with Crippen molar-refractivity contribution in [3.8, 4) is 0 Å². The first-order valence-electron chi connectivity index (χ1n) is 17.2. The van der Waals surface area contributed by atoms with Crippen LogP contribution >= 0.6 is 0 Å². The fraction of sp³-hybridized carbons (Fsp3) is 0. The zero-order valence-electron chi connectivity index (χ0n) is 27.8. The van der Waals surface area contributed by atoms with Gasteiger partial charge in [-0.2, -0.15) is 0 Å². The first kappa shape index (κ1) is 30.8. The van der Waals surface area contributed by atoms with Gasteiger partial charge < -0.3 is 0 Å². The van der Waals surface area contributed by atoms with Gasteiger partial charge in [-0.3, -0.25) is 0 Å². The largest absolute Gasteiger partial charge is 0.0622 e. The summed E-state index contributed by atoms with van der Waals surface area (Å²) >= 11 is 0. The Bertz CT molecular complexity index is 2100. The summed E-state index contributed by atoms with van der Waals surface area (Å²) in [4.78, 5) is 0. The van der Waals surface area contributed by atoms with Gasteiger partial charge >= 0.3 is 0 Å². The predicted octanol–water partition coefficient (Wildman–Crippen LogP) is 12.6. The molecule has 0 bridgehead atoms. The summed E-state index contributed by atoms with van der Waals surface area (Å²) in [6, 6.07) is 76.1. The molecule has 7 aromatic carbocycles. The van der Waals surface area contributed by atoms with Crippen molar-refractivity contribution in [1.29, 1.82) is 0 Å². The molecule has 0 aromatic heterocycles.